The smallest absolute Gasteiger partial charge is 0.218 e. The number of aromatic nitrogens is 4. The standard InChI is InChI=1S/C13H17N5O2/c1-20-13-5-12(14-8-15-13)17-3-2-4-18-9-16-10(7-19)11(18)6-17/h5,8-9,19H,2-4,6-7H2,1H3. The summed E-state index contributed by atoms with van der Waals surface area (Å²) in [6.45, 7) is 2.44. The maximum atomic E-state index is 9.37. The molecule has 7 heteroatoms. The predicted octanol–water partition coefficient (Wildman–Crippen LogP) is 0.584. The lowest BCUT2D eigenvalue weighted by atomic mass is 10.3. The fourth-order valence-corrected chi connectivity index (χ4v) is 2.46. The normalized spacial score (nSPS) is 14.8. The molecule has 2 aromatic rings. The van der Waals surface area contributed by atoms with Crippen molar-refractivity contribution in [1.29, 1.82) is 0 Å². The Balaban J connectivity index is 1.91. The SMILES string of the molecule is COc1cc(N2CCCn3cnc(CO)c3C2)ncn1. The summed E-state index contributed by atoms with van der Waals surface area (Å²) in [6, 6.07) is 1.82. The highest BCUT2D eigenvalue weighted by atomic mass is 16.5. The zero-order valence-electron chi connectivity index (χ0n) is 11.4. The van der Waals surface area contributed by atoms with Crippen molar-refractivity contribution in [3.05, 3.63) is 30.1 Å². The van der Waals surface area contributed by atoms with Crippen LogP contribution in [0.4, 0.5) is 5.82 Å². The average Bonchev–Trinajstić information content (AvgIpc) is 2.75. The first kappa shape index (κ1) is 12.9. The van der Waals surface area contributed by atoms with Gasteiger partial charge in [-0.2, -0.15) is 0 Å². The van der Waals surface area contributed by atoms with Crippen LogP contribution in [0.1, 0.15) is 17.8 Å². The van der Waals surface area contributed by atoms with Crippen molar-refractivity contribution in [3.63, 3.8) is 0 Å². The molecule has 7 nitrogen and oxygen atoms in total. The molecular weight excluding hydrogens is 258 g/mol. The number of hydrogen-bond donors (Lipinski definition) is 1. The van der Waals surface area contributed by atoms with Gasteiger partial charge < -0.3 is 19.3 Å². The summed E-state index contributed by atoms with van der Waals surface area (Å²) in [5.74, 6) is 1.38. The number of methoxy groups -OCH3 is 1. The number of anilines is 1. The van der Waals surface area contributed by atoms with Gasteiger partial charge in [0.2, 0.25) is 5.88 Å². The van der Waals surface area contributed by atoms with Crippen molar-refractivity contribution in [2.75, 3.05) is 18.6 Å². The third-order valence-electron chi connectivity index (χ3n) is 3.51. The minimum atomic E-state index is -0.0384. The van der Waals surface area contributed by atoms with Gasteiger partial charge in [-0.1, -0.05) is 0 Å². The van der Waals surface area contributed by atoms with Gasteiger partial charge in [-0.05, 0) is 6.42 Å². The number of hydrogen-bond acceptors (Lipinski definition) is 6. The van der Waals surface area contributed by atoms with Gasteiger partial charge in [-0.3, -0.25) is 0 Å². The zero-order chi connectivity index (χ0) is 13.9. The van der Waals surface area contributed by atoms with Gasteiger partial charge in [0.25, 0.3) is 0 Å². The first-order chi connectivity index (χ1) is 9.81. The Bertz CT molecular complexity index is 598. The van der Waals surface area contributed by atoms with Crippen molar-refractivity contribution in [2.24, 2.45) is 0 Å². The molecule has 20 heavy (non-hydrogen) atoms. The summed E-state index contributed by atoms with van der Waals surface area (Å²) >= 11 is 0. The Morgan fingerprint density at radius 3 is 3.00 bits per heavy atom. The molecule has 1 aliphatic rings. The minimum absolute atomic E-state index is 0.0384. The lowest BCUT2D eigenvalue weighted by Gasteiger charge is -2.21. The maximum Gasteiger partial charge on any atom is 0.218 e. The van der Waals surface area contributed by atoms with E-state index in [2.05, 4.69) is 24.4 Å². The Labute approximate surface area is 116 Å². The van der Waals surface area contributed by atoms with Gasteiger partial charge in [0.15, 0.2) is 0 Å². The van der Waals surface area contributed by atoms with Gasteiger partial charge in [0, 0.05) is 19.2 Å². The van der Waals surface area contributed by atoms with E-state index in [-0.39, 0.29) is 6.61 Å². The van der Waals surface area contributed by atoms with E-state index >= 15 is 0 Å². The summed E-state index contributed by atoms with van der Waals surface area (Å²) in [5.41, 5.74) is 1.78. The molecule has 3 heterocycles. The number of aliphatic hydroxyl groups excluding tert-OH is 1. The fourth-order valence-electron chi connectivity index (χ4n) is 2.46. The molecule has 0 spiro atoms. The Morgan fingerprint density at radius 2 is 2.20 bits per heavy atom. The van der Waals surface area contributed by atoms with E-state index in [1.165, 1.54) is 6.33 Å². The quantitative estimate of drug-likeness (QED) is 0.883. The van der Waals surface area contributed by atoms with E-state index in [0.29, 0.717) is 12.4 Å². The average molecular weight is 275 g/mol. The van der Waals surface area contributed by atoms with Crippen LogP contribution in [0, 0.1) is 0 Å². The van der Waals surface area contributed by atoms with E-state index in [4.69, 9.17) is 4.74 Å². The molecule has 1 N–H and O–H groups in total. The van der Waals surface area contributed by atoms with Crippen LogP contribution in [0.3, 0.4) is 0 Å². The van der Waals surface area contributed by atoms with Gasteiger partial charge in [0.1, 0.15) is 12.1 Å². The second kappa shape index (κ2) is 5.46. The number of aliphatic hydroxyl groups is 1. The topological polar surface area (TPSA) is 76.3 Å². The summed E-state index contributed by atoms with van der Waals surface area (Å²) in [7, 11) is 1.59. The largest absolute Gasteiger partial charge is 0.481 e. The third kappa shape index (κ3) is 2.32. The summed E-state index contributed by atoms with van der Waals surface area (Å²) in [4.78, 5) is 14.7. The Kier molecular flexibility index (Phi) is 3.51. The van der Waals surface area contributed by atoms with Crippen LogP contribution in [0.15, 0.2) is 18.7 Å². The van der Waals surface area contributed by atoms with Crippen LogP contribution < -0.4 is 9.64 Å². The summed E-state index contributed by atoms with van der Waals surface area (Å²) < 4.78 is 7.24. The van der Waals surface area contributed by atoms with E-state index in [9.17, 15) is 5.11 Å². The number of nitrogens with zero attached hydrogens (tertiary/aromatic N) is 5. The van der Waals surface area contributed by atoms with Crippen LogP contribution >= 0.6 is 0 Å². The number of imidazole rings is 1. The van der Waals surface area contributed by atoms with E-state index in [1.807, 2.05) is 6.07 Å². The van der Waals surface area contributed by atoms with Crippen LogP contribution in [-0.4, -0.2) is 38.3 Å². The second-order valence-corrected chi connectivity index (χ2v) is 4.68. The number of ether oxygens (including phenoxy) is 1. The summed E-state index contributed by atoms with van der Waals surface area (Å²) in [6.07, 6.45) is 4.30. The molecule has 0 aromatic carbocycles. The third-order valence-corrected chi connectivity index (χ3v) is 3.51. The molecule has 0 amide bonds. The lowest BCUT2D eigenvalue weighted by molar-refractivity contribution is 0.276. The van der Waals surface area contributed by atoms with E-state index < -0.39 is 0 Å². The Hall–Kier alpha value is -2.15. The molecule has 106 valence electrons. The van der Waals surface area contributed by atoms with Gasteiger partial charge in [-0.15, -0.1) is 0 Å². The van der Waals surface area contributed by atoms with Crippen LogP contribution in [0.5, 0.6) is 5.88 Å². The van der Waals surface area contributed by atoms with E-state index in [1.54, 1.807) is 13.4 Å². The number of fused-ring (bicyclic) bond motifs is 1. The molecule has 1 aliphatic heterocycles. The first-order valence-electron chi connectivity index (χ1n) is 6.56. The van der Waals surface area contributed by atoms with Crippen molar-refractivity contribution < 1.29 is 9.84 Å². The van der Waals surface area contributed by atoms with Gasteiger partial charge in [0.05, 0.1) is 38.0 Å². The molecule has 0 radical (unpaired) electrons. The molecule has 3 rings (SSSR count). The summed E-state index contributed by atoms with van der Waals surface area (Å²) in [5, 5.41) is 9.37. The van der Waals surface area contributed by atoms with Crippen molar-refractivity contribution in [1.82, 2.24) is 19.5 Å². The molecule has 2 aromatic heterocycles. The van der Waals surface area contributed by atoms with Crippen molar-refractivity contribution in [3.8, 4) is 5.88 Å². The van der Waals surface area contributed by atoms with E-state index in [0.717, 1.165) is 36.7 Å². The molecule has 0 bridgehead atoms. The molecule has 0 aliphatic carbocycles. The predicted molar refractivity (Wildman–Crippen MR) is 72.4 cm³/mol. The van der Waals surface area contributed by atoms with Crippen molar-refractivity contribution in [2.45, 2.75) is 26.1 Å². The van der Waals surface area contributed by atoms with Gasteiger partial charge in [-0.25, -0.2) is 15.0 Å². The number of aryl methyl sites for hydroxylation is 1. The maximum absolute atomic E-state index is 9.37. The van der Waals surface area contributed by atoms with Crippen LogP contribution in [0.25, 0.3) is 0 Å². The lowest BCUT2D eigenvalue weighted by Crippen LogP contribution is -2.24. The molecule has 0 saturated heterocycles. The van der Waals surface area contributed by atoms with Crippen LogP contribution in [-0.2, 0) is 19.7 Å². The van der Waals surface area contributed by atoms with Gasteiger partial charge >= 0.3 is 0 Å². The molecular formula is C13H17N5O2. The minimum Gasteiger partial charge on any atom is -0.481 e. The fraction of sp³-hybridized carbons (Fsp3) is 0.462. The molecule has 0 atom stereocenters. The number of rotatable bonds is 3. The molecule has 0 fully saturated rings. The monoisotopic (exact) mass is 275 g/mol. The molecule has 0 unspecified atom stereocenters. The highest BCUT2D eigenvalue weighted by molar-refractivity contribution is 5.42. The second-order valence-electron chi connectivity index (χ2n) is 4.68. The highest BCUT2D eigenvalue weighted by Gasteiger charge is 2.19. The Morgan fingerprint density at radius 1 is 1.30 bits per heavy atom. The molecule has 0 saturated carbocycles. The highest BCUT2D eigenvalue weighted by Crippen LogP contribution is 2.22. The zero-order valence-corrected chi connectivity index (χ0v) is 11.4. The van der Waals surface area contributed by atoms with Crippen molar-refractivity contribution >= 4 is 5.82 Å². The first-order valence-corrected chi connectivity index (χ1v) is 6.56. The van der Waals surface area contributed by atoms with Crippen LogP contribution in [0.2, 0.25) is 0 Å².